The van der Waals surface area contributed by atoms with E-state index in [1.54, 1.807) is 19.1 Å². The van der Waals surface area contributed by atoms with Crippen LogP contribution in [0.5, 0.6) is 11.5 Å². The van der Waals surface area contributed by atoms with Crippen LogP contribution in [0.4, 0.5) is 5.69 Å². The predicted molar refractivity (Wildman–Crippen MR) is 142 cm³/mol. The summed E-state index contributed by atoms with van der Waals surface area (Å²) in [5, 5.41) is 5.33. The number of para-hydroxylation sites is 1. The van der Waals surface area contributed by atoms with E-state index in [9.17, 15) is 9.59 Å². The Morgan fingerprint density at radius 2 is 1.81 bits per heavy atom. The van der Waals surface area contributed by atoms with Crippen molar-refractivity contribution in [2.24, 2.45) is 5.92 Å². The van der Waals surface area contributed by atoms with E-state index in [0.717, 1.165) is 40.2 Å². The van der Waals surface area contributed by atoms with Crippen molar-refractivity contribution in [3.63, 3.8) is 0 Å². The van der Waals surface area contributed by atoms with Gasteiger partial charge in [-0.2, -0.15) is 0 Å². The zero-order valence-corrected chi connectivity index (χ0v) is 20.9. The first-order valence-corrected chi connectivity index (χ1v) is 12.3. The molecule has 0 radical (unpaired) electrons. The van der Waals surface area contributed by atoms with Crippen LogP contribution in [-0.4, -0.2) is 48.6 Å². The van der Waals surface area contributed by atoms with Crippen LogP contribution in [0.2, 0.25) is 0 Å². The molecule has 186 valence electrons. The summed E-state index contributed by atoms with van der Waals surface area (Å²) in [6.45, 7) is 3.96. The molecule has 0 saturated carbocycles. The van der Waals surface area contributed by atoms with Crippen molar-refractivity contribution in [1.82, 2.24) is 9.47 Å². The maximum atomic E-state index is 13.1. The molecule has 0 bridgehead atoms. The van der Waals surface area contributed by atoms with Crippen molar-refractivity contribution in [2.45, 2.75) is 26.3 Å². The van der Waals surface area contributed by atoms with Crippen molar-refractivity contribution in [2.75, 3.05) is 32.6 Å². The van der Waals surface area contributed by atoms with Crippen LogP contribution in [0.15, 0.2) is 60.7 Å². The van der Waals surface area contributed by atoms with Crippen LogP contribution in [-0.2, 0) is 22.6 Å². The fourth-order valence-electron chi connectivity index (χ4n) is 5.19. The Kier molecular flexibility index (Phi) is 6.55. The minimum absolute atomic E-state index is 0.00379. The highest BCUT2D eigenvalue weighted by atomic mass is 16.5. The first-order valence-electron chi connectivity index (χ1n) is 12.3. The van der Waals surface area contributed by atoms with Gasteiger partial charge in [-0.25, -0.2) is 0 Å². The van der Waals surface area contributed by atoms with Gasteiger partial charge in [-0.15, -0.1) is 0 Å². The highest BCUT2D eigenvalue weighted by Crippen LogP contribution is 2.32. The number of anilines is 1. The highest BCUT2D eigenvalue weighted by molar-refractivity contribution is 6.10. The second kappa shape index (κ2) is 9.93. The number of rotatable bonds is 8. The van der Waals surface area contributed by atoms with Gasteiger partial charge in [-0.05, 0) is 49.2 Å². The lowest BCUT2D eigenvalue weighted by Crippen LogP contribution is -2.30. The van der Waals surface area contributed by atoms with E-state index in [-0.39, 0.29) is 24.2 Å². The zero-order chi connectivity index (χ0) is 25.2. The summed E-state index contributed by atoms with van der Waals surface area (Å²) >= 11 is 0. The quantitative estimate of drug-likeness (QED) is 0.387. The summed E-state index contributed by atoms with van der Waals surface area (Å²) in [5.41, 5.74) is 4.08. The molecule has 0 aliphatic carbocycles. The number of aryl methyl sites for hydroxylation is 1. The lowest BCUT2D eigenvalue weighted by molar-refractivity contribution is -0.128. The molecular formula is C29H31N3O4. The van der Waals surface area contributed by atoms with Crippen LogP contribution in [0.1, 0.15) is 18.9 Å². The molecule has 1 aromatic heterocycles. The van der Waals surface area contributed by atoms with Gasteiger partial charge in [0.25, 0.3) is 0 Å². The molecule has 1 fully saturated rings. The van der Waals surface area contributed by atoms with E-state index in [0.29, 0.717) is 19.5 Å². The van der Waals surface area contributed by atoms with Crippen molar-refractivity contribution >= 4 is 39.3 Å². The molecule has 1 unspecified atom stereocenters. The van der Waals surface area contributed by atoms with Crippen LogP contribution in [0.3, 0.4) is 0 Å². The van der Waals surface area contributed by atoms with Crippen molar-refractivity contribution in [1.29, 1.82) is 0 Å². The minimum Gasteiger partial charge on any atom is -0.497 e. The molecule has 7 heteroatoms. The molecule has 1 aliphatic heterocycles. The molecule has 0 spiro atoms. The van der Waals surface area contributed by atoms with E-state index < -0.39 is 0 Å². The minimum atomic E-state index is -0.372. The highest BCUT2D eigenvalue weighted by Gasteiger charge is 2.34. The van der Waals surface area contributed by atoms with Crippen LogP contribution in [0, 0.1) is 5.92 Å². The number of hydrogen-bond acceptors (Lipinski definition) is 4. The summed E-state index contributed by atoms with van der Waals surface area (Å²) in [6.07, 6.45) is 0.869. The summed E-state index contributed by atoms with van der Waals surface area (Å²) in [5.74, 6) is 0.968. The van der Waals surface area contributed by atoms with Crippen molar-refractivity contribution < 1.29 is 19.1 Å². The topological polar surface area (TPSA) is 72.8 Å². The monoisotopic (exact) mass is 485 g/mol. The number of nitrogens with one attached hydrogen (secondary N) is 1. The number of fused-ring (bicyclic) bond motifs is 3. The van der Waals surface area contributed by atoms with Crippen molar-refractivity contribution in [3.8, 4) is 11.5 Å². The second-order valence-electron chi connectivity index (χ2n) is 9.15. The predicted octanol–water partition coefficient (Wildman–Crippen LogP) is 4.86. The molecule has 4 aromatic rings. The molecule has 7 nitrogen and oxygen atoms in total. The van der Waals surface area contributed by atoms with Gasteiger partial charge in [0.15, 0.2) is 0 Å². The number of ether oxygens (including phenoxy) is 2. The largest absolute Gasteiger partial charge is 0.497 e. The Balaban J connectivity index is 1.26. The van der Waals surface area contributed by atoms with Crippen LogP contribution >= 0.6 is 0 Å². The average Bonchev–Trinajstić information content (AvgIpc) is 3.44. The summed E-state index contributed by atoms with van der Waals surface area (Å²) in [7, 11) is 3.24. The zero-order valence-electron chi connectivity index (χ0n) is 20.9. The van der Waals surface area contributed by atoms with E-state index >= 15 is 0 Å². The lowest BCUT2D eigenvalue weighted by Gasteiger charge is -2.18. The Bertz CT molecular complexity index is 1440. The van der Waals surface area contributed by atoms with Gasteiger partial charge in [-0.1, -0.05) is 24.3 Å². The summed E-state index contributed by atoms with van der Waals surface area (Å²) < 4.78 is 13.0. The Morgan fingerprint density at radius 3 is 2.58 bits per heavy atom. The first-order chi connectivity index (χ1) is 17.5. The molecule has 36 heavy (non-hydrogen) atoms. The number of amides is 2. The first kappa shape index (κ1) is 23.7. The van der Waals surface area contributed by atoms with E-state index in [1.807, 2.05) is 42.5 Å². The Labute approximate surface area is 210 Å². The SMILES string of the molecule is CCn1c2ccccc2c2cc(NC(=O)C3CC(=O)N(CCc4ccc(OC)cc4OC)C3)ccc21. The normalized spacial score (nSPS) is 15.6. The Hall–Kier alpha value is -4.00. The van der Waals surface area contributed by atoms with Crippen molar-refractivity contribution in [3.05, 3.63) is 66.2 Å². The number of hydrogen-bond donors (Lipinski definition) is 1. The van der Waals surface area contributed by atoms with Gasteiger partial charge in [0.05, 0.1) is 20.1 Å². The van der Waals surface area contributed by atoms with E-state index in [1.165, 1.54) is 10.9 Å². The summed E-state index contributed by atoms with van der Waals surface area (Å²) in [4.78, 5) is 27.5. The molecule has 5 rings (SSSR count). The van der Waals surface area contributed by atoms with Gasteiger partial charge in [-0.3, -0.25) is 9.59 Å². The van der Waals surface area contributed by atoms with Gasteiger partial charge < -0.3 is 24.3 Å². The van der Waals surface area contributed by atoms with E-state index in [2.05, 4.69) is 35.0 Å². The van der Waals surface area contributed by atoms with Gasteiger partial charge >= 0.3 is 0 Å². The maximum Gasteiger partial charge on any atom is 0.229 e. The van der Waals surface area contributed by atoms with Crippen LogP contribution < -0.4 is 14.8 Å². The molecule has 2 amide bonds. The van der Waals surface area contributed by atoms with E-state index in [4.69, 9.17) is 9.47 Å². The molecule has 3 aromatic carbocycles. The molecule has 1 N–H and O–H groups in total. The molecule has 2 heterocycles. The van der Waals surface area contributed by atoms with Gasteiger partial charge in [0.2, 0.25) is 11.8 Å². The standard InChI is InChI=1S/C29H31N3O4/c1-4-32-25-8-6-5-7-23(25)24-16-21(10-12-26(24)32)30-29(34)20-15-28(33)31(18-20)14-13-19-9-11-22(35-2)17-27(19)36-3/h5-12,16-17,20H,4,13-15,18H2,1-3H3,(H,30,34). The van der Waals surface area contributed by atoms with Gasteiger partial charge in [0.1, 0.15) is 11.5 Å². The third kappa shape index (κ3) is 4.37. The second-order valence-corrected chi connectivity index (χ2v) is 9.15. The average molecular weight is 486 g/mol. The number of methoxy groups -OCH3 is 2. The fraction of sp³-hybridized carbons (Fsp3) is 0.310. The number of aromatic nitrogens is 1. The molecule has 1 atom stereocenters. The third-order valence-electron chi connectivity index (χ3n) is 7.09. The molecule has 1 saturated heterocycles. The number of carbonyl (C=O) groups is 2. The summed E-state index contributed by atoms with van der Waals surface area (Å²) in [6, 6.07) is 20.0. The third-order valence-corrected chi connectivity index (χ3v) is 7.09. The molecule has 1 aliphatic rings. The Morgan fingerprint density at radius 1 is 1.00 bits per heavy atom. The fourth-order valence-corrected chi connectivity index (χ4v) is 5.19. The maximum absolute atomic E-state index is 13.1. The van der Waals surface area contributed by atoms with Gasteiger partial charge in [0, 0.05) is 59.6 Å². The van der Waals surface area contributed by atoms with Crippen LogP contribution in [0.25, 0.3) is 21.8 Å². The smallest absolute Gasteiger partial charge is 0.229 e. The number of likely N-dealkylation sites (tertiary alicyclic amines) is 1. The molecular weight excluding hydrogens is 454 g/mol. The number of nitrogens with zero attached hydrogens (tertiary/aromatic N) is 2. The lowest BCUT2D eigenvalue weighted by atomic mass is 10.1. The number of benzene rings is 3. The number of carbonyl (C=O) groups excluding carboxylic acids is 2.